The van der Waals surface area contributed by atoms with Crippen molar-refractivity contribution in [3.63, 3.8) is 0 Å². The Morgan fingerprint density at radius 2 is 2.37 bits per heavy atom. The number of hydrogen-bond acceptors (Lipinski definition) is 4. The summed E-state index contributed by atoms with van der Waals surface area (Å²) in [5.74, 6) is 0.965. The van der Waals surface area contributed by atoms with Crippen molar-refractivity contribution in [2.45, 2.75) is 19.4 Å². The van der Waals surface area contributed by atoms with Gasteiger partial charge in [-0.2, -0.15) is 0 Å². The first kappa shape index (κ1) is 12.3. The summed E-state index contributed by atoms with van der Waals surface area (Å²) in [5, 5.41) is 3.33. The molecule has 1 fully saturated rings. The zero-order chi connectivity index (χ0) is 13.1. The molecular weight excluding hydrogens is 240 g/mol. The van der Waals surface area contributed by atoms with Crippen LogP contribution in [0.3, 0.4) is 0 Å². The van der Waals surface area contributed by atoms with Gasteiger partial charge in [0.15, 0.2) is 0 Å². The molecule has 0 saturated carbocycles. The topological polar surface area (TPSA) is 62.8 Å². The van der Waals surface area contributed by atoms with E-state index in [-0.39, 0.29) is 6.10 Å². The van der Waals surface area contributed by atoms with Crippen LogP contribution in [0.15, 0.2) is 24.4 Å². The molecule has 2 aromatic rings. The Kier molecular flexibility index (Phi) is 3.57. The molecule has 0 spiro atoms. The summed E-state index contributed by atoms with van der Waals surface area (Å²) in [7, 11) is 0. The maximum absolute atomic E-state index is 5.70. The second kappa shape index (κ2) is 5.50. The lowest BCUT2D eigenvalue weighted by Crippen LogP contribution is -2.39. The molecule has 3 heterocycles. The van der Waals surface area contributed by atoms with Crippen LogP contribution >= 0.6 is 0 Å². The summed E-state index contributed by atoms with van der Waals surface area (Å²) >= 11 is 0. The largest absolute Gasteiger partial charge is 0.375 e. The van der Waals surface area contributed by atoms with Crippen molar-refractivity contribution in [1.82, 2.24) is 20.3 Å². The highest BCUT2D eigenvalue weighted by Gasteiger charge is 2.17. The second-order valence-corrected chi connectivity index (χ2v) is 4.77. The number of nitrogens with zero attached hydrogens (tertiary/aromatic N) is 2. The van der Waals surface area contributed by atoms with Crippen LogP contribution in [0.2, 0.25) is 0 Å². The molecule has 1 aliphatic heterocycles. The number of aromatic amines is 1. The Hall–Kier alpha value is -1.72. The molecule has 0 amide bonds. The predicted molar refractivity (Wildman–Crippen MR) is 72.9 cm³/mol. The monoisotopic (exact) mass is 258 g/mol. The van der Waals surface area contributed by atoms with Crippen LogP contribution in [0.4, 0.5) is 0 Å². The van der Waals surface area contributed by atoms with E-state index >= 15 is 0 Å². The summed E-state index contributed by atoms with van der Waals surface area (Å²) in [6.45, 7) is 4.63. The highest BCUT2D eigenvalue weighted by Crippen LogP contribution is 2.19. The molecule has 100 valence electrons. The molecule has 0 bridgehead atoms. The van der Waals surface area contributed by atoms with Crippen molar-refractivity contribution in [1.29, 1.82) is 0 Å². The molecule has 1 unspecified atom stereocenters. The SMILES string of the molecule is Cc1[nH]c(CC2CNCCO2)nc1-c1ccccn1. The van der Waals surface area contributed by atoms with Crippen molar-refractivity contribution in [3.05, 3.63) is 35.9 Å². The van der Waals surface area contributed by atoms with E-state index in [1.54, 1.807) is 6.20 Å². The van der Waals surface area contributed by atoms with Gasteiger partial charge in [-0.25, -0.2) is 4.98 Å². The number of aromatic nitrogens is 3. The molecule has 5 heteroatoms. The van der Waals surface area contributed by atoms with Crippen LogP contribution in [-0.4, -0.2) is 40.8 Å². The van der Waals surface area contributed by atoms with Gasteiger partial charge in [0, 0.05) is 31.4 Å². The van der Waals surface area contributed by atoms with Crippen molar-refractivity contribution in [2.24, 2.45) is 0 Å². The number of imidazole rings is 1. The number of H-pyrrole nitrogens is 1. The zero-order valence-corrected chi connectivity index (χ0v) is 11.0. The fraction of sp³-hybridized carbons (Fsp3) is 0.429. The number of hydrogen-bond donors (Lipinski definition) is 2. The fourth-order valence-electron chi connectivity index (χ4n) is 2.34. The Balaban J connectivity index is 1.77. The van der Waals surface area contributed by atoms with Gasteiger partial charge < -0.3 is 15.0 Å². The third-order valence-corrected chi connectivity index (χ3v) is 3.27. The van der Waals surface area contributed by atoms with Gasteiger partial charge in [0.05, 0.1) is 18.4 Å². The van der Waals surface area contributed by atoms with Crippen molar-refractivity contribution < 1.29 is 4.74 Å². The number of ether oxygens (including phenoxy) is 1. The molecule has 3 rings (SSSR count). The molecule has 0 aliphatic carbocycles. The van der Waals surface area contributed by atoms with E-state index in [1.807, 2.05) is 25.1 Å². The Labute approximate surface area is 112 Å². The first-order chi connectivity index (χ1) is 9.33. The van der Waals surface area contributed by atoms with Crippen molar-refractivity contribution in [2.75, 3.05) is 19.7 Å². The first-order valence-electron chi connectivity index (χ1n) is 6.62. The molecule has 2 N–H and O–H groups in total. The van der Waals surface area contributed by atoms with Gasteiger partial charge in [-0.15, -0.1) is 0 Å². The number of pyridine rings is 1. The van der Waals surface area contributed by atoms with Crippen LogP contribution in [0.25, 0.3) is 11.4 Å². The van der Waals surface area contributed by atoms with Crippen LogP contribution in [0.1, 0.15) is 11.5 Å². The third-order valence-electron chi connectivity index (χ3n) is 3.27. The highest BCUT2D eigenvalue weighted by atomic mass is 16.5. The standard InChI is InChI=1S/C14H18N4O/c1-10-14(12-4-2-3-5-16-12)18-13(17-10)8-11-9-15-6-7-19-11/h2-5,11,15H,6-9H2,1H3,(H,17,18). The lowest BCUT2D eigenvalue weighted by atomic mass is 10.2. The average Bonchev–Trinajstić information content (AvgIpc) is 2.82. The summed E-state index contributed by atoms with van der Waals surface area (Å²) in [4.78, 5) is 12.3. The van der Waals surface area contributed by atoms with Crippen molar-refractivity contribution in [3.8, 4) is 11.4 Å². The van der Waals surface area contributed by atoms with E-state index in [0.29, 0.717) is 0 Å². The van der Waals surface area contributed by atoms with E-state index < -0.39 is 0 Å². The predicted octanol–water partition coefficient (Wildman–Crippen LogP) is 1.31. The number of nitrogens with one attached hydrogen (secondary N) is 2. The fourth-order valence-corrected chi connectivity index (χ4v) is 2.34. The lowest BCUT2D eigenvalue weighted by Gasteiger charge is -2.22. The van der Waals surface area contributed by atoms with Gasteiger partial charge in [0.2, 0.25) is 0 Å². The van der Waals surface area contributed by atoms with E-state index in [4.69, 9.17) is 4.74 Å². The van der Waals surface area contributed by atoms with Crippen LogP contribution in [0, 0.1) is 6.92 Å². The quantitative estimate of drug-likeness (QED) is 0.871. The molecule has 0 radical (unpaired) electrons. The smallest absolute Gasteiger partial charge is 0.110 e. The van der Waals surface area contributed by atoms with E-state index in [1.165, 1.54) is 0 Å². The summed E-state index contributed by atoms with van der Waals surface area (Å²) in [5.41, 5.74) is 2.89. The van der Waals surface area contributed by atoms with Gasteiger partial charge >= 0.3 is 0 Å². The third kappa shape index (κ3) is 2.83. The van der Waals surface area contributed by atoms with E-state index in [2.05, 4.69) is 20.3 Å². The molecule has 1 aliphatic rings. The molecule has 19 heavy (non-hydrogen) atoms. The molecule has 0 aromatic carbocycles. The molecule has 1 saturated heterocycles. The summed E-state index contributed by atoms with van der Waals surface area (Å²) in [6, 6.07) is 5.86. The minimum atomic E-state index is 0.205. The molecule has 1 atom stereocenters. The second-order valence-electron chi connectivity index (χ2n) is 4.77. The van der Waals surface area contributed by atoms with Crippen molar-refractivity contribution >= 4 is 0 Å². The van der Waals surface area contributed by atoms with Gasteiger partial charge in [-0.05, 0) is 19.1 Å². The summed E-state index contributed by atoms with van der Waals surface area (Å²) < 4.78 is 5.70. The lowest BCUT2D eigenvalue weighted by molar-refractivity contribution is 0.0281. The van der Waals surface area contributed by atoms with Gasteiger partial charge in [-0.3, -0.25) is 4.98 Å². The van der Waals surface area contributed by atoms with E-state index in [0.717, 1.165) is 49.0 Å². The van der Waals surface area contributed by atoms with Crippen LogP contribution in [0.5, 0.6) is 0 Å². The first-order valence-corrected chi connectivity index (χ1v) is 6.62. The van der Waals surface area contributed by atoms with Gasteiger partial charge in [0.1, 0.15) is 11.5 Å². The maximum Gasteiger partial charge on any atom is 0.110 e. The van der Waals surface area contributed by atoms with Gasteiger partial charge in [0.25, 0.3) is 0 Å². The normalized spacial score (nSPS) is 19.5. The average molecular weight is 258 g/mol. The number of aryl methyl sites for hydroxylation is 1. The highest BCUT2D eigenvalue weighted by molar-refractivity contribution is 5.56. The molecular formula is C14H18N4O. The Bertz CT molecular complexity index is 532. The Morgan fingerprint density at radius 1 is 1.42 bits per heavy atom. The molecule has 2 aromatic heterocycles. The zero-order valence-electron chi connectivity index (χ0n) is 11.0. The minimum Gasteiger partial charge on any atom is -0.375 e. The Morgan fingerprint density at radius 3 is 3.11 bits per heavy atom. The number of rotatable bonds is 3. The molecule has 5 nitrogen and oxygen atoms in total. The van der Waals surface area contributed by atoms with Crippen LogP contribution < -0.4 is 5.32 Å². The summed E-state index contributed by atoms with van der Waals surface area (Å²) in [6.07, 6.45) is 2.80. The van der Waals surface area contributed by atoms with E-state index in [9.17, 15) is 0 Å². The minimum absolute atomic E-state index is 0.205. The van der Waals surface area contributed by atoms with Crippen LogP contribution in [-0.2, 0) is 11.2 Å². The number of morpholine rings is 1. The maximum atomic E-state index is 5.70. The van der Waals surface area contributed by atoms with Gasteiger partial charge in [-0.1, -0.05) is 6.07 Å².